The number of carbonyl (C=O) groups is 1. The van der Waals surface area contributed by atoms with E-state index in [4.69, 9.17) is 0 Å². The zero-order chi connectivity index (χ0) is 17.6. The minimum Gasteiger partial charge on any atom is -0.301 e. The first-order valence-corrected chi connectivity index (χ1v) is 10.1. The Morgan fingerprint density at radius 1 is 1.32 bits per heavy atom. The van der Waals surface area contributed by atoms with Crippen molar-refractivity contribution in [3.63, 3.8) is 0 Å². The van der Waals surface area contributed by atoms with E-state index in [1.807, 2.05) is 37.3 Å². The Balaban J connectivity index is 1.58. The van der Waals surface area contributed by atoms with Gasteiger partial charge >= 0.3 is 0 Å². The Kier molecular flexibility index (Phi) is 6.21. The molecule has 1 amide bonds. The van der Waals surface area contributed by atoms with Crippen LogP contribution in [-0.4, -0.2) is 28.9 Å². The van der Waals surface area contributed by atoms with Gasteiger partial charge in [-0.25, -0.2) is 4.98 Å². The Morgan fingerprint density at radius 2 is 2.04 bits per heavy atom. The Hall–Kier alpha value is -1.72. The number of thiazole rings is 1. The van der Waals surface area contributed by atoms with E-state index >= 15 is 0 Å². The van der Waals surface area contributed by atoms with Gasteiger partial charge in [0, 0.05) is 11.9 Å². The summed E-state index contributed by atoms with van der Waals surface area (Å²) in [7, 11) is 0. The summed E-state index contributed by atoms with van der Waals surface area (Å²) < 4.78 is 0. The molecule has 0 unspecified atom stereocenters. The number of anilines is 1. The third-order valence-corrected chi connectivity index (χ3v) is 5.78. The van der Waals surface area contributed by atoms with Crippen LogP contribution < -0.4 is 5.32 Å². The molecule has 1 atom stereocenters. The number of carbonyl (C=O) groups excluding carboxylic acids is 1. The average molecular weight is 358 g/mol. The van der Waals surface area contributed by atoms with E-state index in [-0.39, 0.29) is 11.8 Å². The number of hydrogen-bond acceptors (Lipinski definition) is 4. The zero-order valence-corrected chi connectivity index (χ0v) is 15.9. The maximum atomic E-state index is 12.6. The van der Waals surface area contributed by atoms with Crippen LogP contribution in [0.3, 0.4) is 0 Å². The Morgan fingerprint density at radius 3 is 2.72 bits per heavy atom. The highest BCUT2D eigenvalue weighted by molar-refractivity contribution is 7.13. The second-order valence-corrected chi connectivity index (χ2v) is 7.82. The van der Waals surface area contributed by atoms with Crippen molar-refractivity contribution in [2.45, 2.75) is 45.6 Å². The van der Waals surface area contributed by atoms with E-state index < -0.39 is 0 Å². The molecule has 0 bridgehead atoms. The molecule has 0 radical (unpaired) electrons. The zero-order valence-electron chi connectivity index (χ0n) is 15.1. The fraction of sp³-hybridized carbons (Fsp3) is 0.500. The van der Waals surface area contributed by atoms with Gasteiger partial charge in [0.25, 0.3) is 0 Å². The normalized spacial score (nSPS) is 17.4. The summed E-state index contributed by atoms with van der Waals surface area (Å²) in [5, 5.41) is 5.78. The lowest BCUT2D eigenvalue weighted by Gasteiger charge is -2.29. The van der Waals surface area contributed by atoms with Gasteiger partial charge in [-0.1, -0.05) is 44.2 Å². The second kappa shape index (κ2) is 8.59. The molecule has 2 heterocycles. The predicted octanol–water partition coefficient (Wildman–Crippen LogP) is 4.51. The lowest BCUT2D eigenvalue weighted by atomic mass is 9.96. The van der Waals surface area contributed by atoms with Crippen molar-refractivity contribution in [3.8, 4) is 0 Å². The lowest BCUT2D eigenvalue weighted by Crippen LogP contribution is -2.32. The molecule has 1 aromatic heterocycles. The van der Waals surface area contributed by atoms with Gasteiger partial charge in [0.05, 0.1) is 11.6 Å². The molecule has 0 saturated carbocycles. The van der Waals surface area contributed by atoms with Crippen LogP contribution in [0.15, 0.2) is 35.7 Å². The van der Waals surface area contributed by atoms with Gasteiger partial charge in [0.2, 0.25) is 5.91 Å². The summed E-state index contributed by atoms with van der Waals surface area (Å²) in [6.45, 7) is 7.54. The van der Waals surface area contributed by atoms with E-state index in [0.717, 1.165) is 43.2 Å². The summed E-state index contributed by atoms with van der Waals surface area (Å²) in [6.07, 6.45) is 3.31. The predicted molar refractivity (Wildman–Crippen MR) is 104 cm³/mol. The maximum Gasteiger partial charge on any atom is 0.233 e. The van der Waals surface area contributed by atoms with E-state index in [2.05, 4.69) is 27.5 Å². The standard InChI is InChI=1S/C20H27N3OS/c1-3-18(16-7-5-4-6-8-16)19(24)22-20-21-17(14-25-20)13-23-11-9-15(2)10-12-23/h4-8,14-15,18H,3,9-13H2,1-2H3,(H,21,22,24)/t18-/m0/s1. The van der Waals surface area contributed by atoms with E-state index in [9.17, 15) is 4.79 Å². The molecular weight excluding hydrogens is 330 g/mol. The molecule has 25 heavy (non-hydrogen) atoms. The SMILES string of the molecule is CC[C@H](C(=O)Nc1nc(CN2CCC(C)CC2)cs1)c1ccccc1. The molecular formula is C20H27N3OS. The Labute approximate surface area is 154 Å². The van der Waals surface area contributed by atoms with Crippen LogP contribution in [-0.2, 0) is 11.3 Å². The van der Waals surface area contributed by atoms with Gasteiger partial charge in [-0.15, -0.1) is 11.3 Å². The molecule has 134 valence electrons. The molecule has 1 fully saturated rings. The first kappa shape index (κ1) is 18.1. The summed E-state index contributed by atoms with van der Waals surface area (Å²) in [5.74, 6) is 0.740. The first-order valence-electron chi connectivity index (χ1n) is 9.18. The van der Waals surface area contributed by atoms with Crippen LogP contribution in [0.5, 0.6) is 0 Å². The second-order valence-electron chi connectivity index (χ2n) is 6.96. The minimum atomic E-state index is -0.128. The van der Waals surface area contributed by atoms with Crippen molar-refractivity contribution >= 4 is 22.4 Å². The van der Waals surface area contributed by atoms with Crippen LogP contribution in [0.1, 0.15) is 50.3 Å². The highest BCUT2D eigenvalue weighted by Gasteiger charge is 2.20. The van der Waals surface area contributed by atoms with Crippen LogP contribution in [0, 0.1) is 5.92 Å². The van der Waals surface area contributed by atoms with Gasteiger partial charge in [0.15, 0.2) is 5.13 Å². The molecule has 4 nitrogen and oxygen atoms in total. The molecule has 3 rings (SSSR count). The number of amides is 1. The minimum absolute atomic E-state index is 0.0291. The summed E-state index contributed by atoms with van der Waals surface area (Å²) in [6, 6.07) is 9.96. The summed E-state index contributed by atoms with van der Waals surface area (Å²) >= 11 is 1.52. The van der Waals surface area contributed by atoms with Crippen molar-refractivity contribution in [2.75, 3.05) is 18.4 Å². The topological polar surface area (TPSA) is 45.2 Å². The number of nitrogens with one attached hydrogen (secondary N) is 1. The summed E-state index contributed by atoms with van der Waals surface area (Å²) in [5.41, 5.74) is 2.12. The largest absolute Gasteiger partial charge is 0.301 e. The first-order chi connectivity index (χ1) is 12.2. The average Bonchev–Trinajstić information content (AvgIpc) is 3.05. The molecule has 1 aromatic carbocycles. The molecule has 5 heteroatoms. The monoisotopic (exact) mass is 357 g/mol. The van der Waals surface area contributed by atoms with Crippen LogP contribution in [0.25, 0.3) is 0 Å². The Bertz CT molecular complexity index is 677. The van der Waals surface area contributed by atoms with Crippen LogP contribution in [0.2, 0.25) is 0 Å². The number of rotatable bonds is 6. The van der Waals surface area contributed by atoms with Gasteiger partial charge in [-0.3, -0.25) is 9.69 Å². The van der Waals surface area contributed by atoms with Gasteiger partial charge < -0.3 is 5.32 Å². The van der Waals surface area contributed by atoms with Crippen LogP contribution in [0.4, 0.5) is 5.13 Å². The quantitative estimate of drug-likeness (QED) is 0.827. The van der Waals surface area contributed by atoms with Crippen molar-refractivity contribution in [1.82, 2.24) is 9.88 Å². The molecule has 1 aliphatic rings. The highest BCUT2D eigenvalue weighted by Crippen LogP contribution is 2.24. The molecule has 0 spiro atoms. The van der Waals surface area contributed by atoms with Gasteiger partial charge in [-0.2, -0.15) is 0 Å². The number of piperidine rings is 1. The van der Waals surface area contributed by atoms with E-state index in [1.54, 1.807) is 0 Å². The van der Waals surface area contributed by atoms with Crippen molar-refractivity contribution in [2.24, 2.45) is 5.92 Å². The third-order valence-electron chi connectivity index (χ3n) is 4.97. The van der Waals surface area contributed by atoms with Crippen molar-refractivity contribution in [1.29, 1.82) is 0 Å². The number of likely N-dealkylation sites (tertiary alicyclic amines) is 1. The van der Waals surface area contributed by atoms with E-state index in [0.29, 0.717) is 5.13 Å². The van der Waals surface area contributed by atoms with Gasteiger partial charge in [0.1, 0.15) is 0 Å². The number of hydrogen-bond donors (Lipinski definition) is 1. The molecule has 0 aliphatic carbocycles. The van der Waals surface area contributed by atoms with Crippen LogP contribution >= 0.6 is 11.3 Å². The van der Waals surface area contributed by atoms with Crippen molar-refractivity contribution in [3.05, 3.63) is 47.0 Å². The smallest absolute Gasteiger partial charge is 0.233 e. The number of nitrogens with zero attached hydrogens (tertiary/aromatic N) is 2. The molecule has 2 aromatic rings. The van der Waals surface area contributed by atoms with E-state index in [1.165, 1.54) is 24.2 Å². The molecule has 1 N–H and O–H groups in total. The fourth-order valence-corrected chi connectivity index (χ4v) is 4.04. The van der Waals surface area contributed by atoms with Crippen molar-refractivity contribution < 1.29 is 4.79 Å². The highest BCUT2D eigenvalue weighted by atomic mass is 32.1. The lowest BCUT2D eigenvalue weighted by molar-refractivity contribution is -0.117. The third kappa shape index (κ3) is 4.89. The molecule has 1 saturated heterocycles. The van der Waals surface area contributed by atoms with Gasteiger partial charge in [-0.05, 0) is 43.8 Å². The maximum absolute atomic E-state index is 12.6. The fourth-order valence-electron chi connectivity index (χ4n) is 3.34. The molecule has 1 aliphatic heterocycles. The number of aromatic nitrogens is 1. The number of benzene rings is 1. The summed E-state index contributed by atoms with van der Waals surface area (Å²) in [4.78, 5) is 19.7.